The third kappa shape index (κ3) is 4.11. The van der Waals surface area contributed by atoms with E-state index in [1.807, 2.05) is 30.3 Å². The van der Waals surface area contributed by atoms with E-state index < -0.39 is 0 Å². The molecule has 1 aromatic heterocycles. The average molecular weight is 325 g/mol. The van der Waals surface area contributed by atoms with Crippen molar-refractivity contribution in [3.05, 3.63) is 48.3 Å². The van der Waals surface area contributed by atoms with Gasteiger partial charge < -0.3 is 15.4 Å². The van der Waals surface area contributed by atoms with Crippen molar-refractivity contribution in [2.24, 2.45) is 5.92 Å². The molecule has 0 saturated carbocycles. The van der Waals surface area contributed by atoms with Crippen molar-refractivity contribution in [2.75, 3.05) is 26.7 Å². The molecule has 1 unspecified atom stereocenters. The molecule has 1 aliphatic rings. The van der Waals surface area contributed by atoms with Crippen LogP contribution in [0.25, 0.3) is 11.1 Å². The normalized spacial score (nSPS) is 17.3. The summed E-state index contributed by atoms with van der Waals surface area (Å²) in [7, 11) is 1.64. The number of nitrogens with zero attached hydrogens (tertiary/aromatic N) is 1. The number of amides is 1. The predicted molar refractivity (Wildman–Crippen MR) is 94.2 cm³/mol. The van der Waals surface area contributed by atoms with Crippen LogP contribution in [0.3, 0.4) is 0 Å². The number of carbonyl (C=O) groups excluding carboxylic acids is 1. The highest BCUT2D eigenvalue weighted by Crippen LogP contribution is 2.22. The minimum atomic E-state index is -0.0663. The van der Waals surface area contributed by atoms with Gasteiger partial charge in [0.1, 0.15) is 5.75 Å². The molecular weight excluding hydrogens is 302 g/mol. The van der Waals surface area contributed by atoms with Crippen LogP contribution in [0.1, 0.15) is 23.2 Å². The number of benzene rings is 1. The molecule has 2 aromatic rings. The first-order valence-corrected chi connectivity index (χ1v) is 8.34. The molecule has 1 aliphatic heterocycles. The zero-order chi connectivity index (χ0) is 16.8. The molecule has 1 saturated heterocycles. The number of ether oxygens (including phenoxy) is 1. The molecule has 0 spiro atoms. The Bertz CT molecular complexity index is 679. The van der Waals surface area contributed by atoms with Crippen LogP contribution in [-0.2, 0) is 0 Å². The summed E-state index contributed by atoms with van der Waals surface area (Å²) in [6, 6.07) is 9.61. The molecule has 0 bridgehead atoms. The molecule has 3 rings (SSSR count). The van der Waals surface area contributed by atoms with Crippen LogP contribution >= 0.6 is 0 Å². The van der Waals surface area contributed by atoms with Crippen molar-refractivity contribution >= 4 is 5.91 Å². The highest BCUT2D eigenvalue weighted by molar-refractivity contribution is 5.95. The monoisotopic (exact) mass is 325 g/mol. The van der Waals surface area contributed by atoms with Gasteiger partial charge in [0.25, 0.3) is 5.91 Å². The summed E-state index contributed by atoms with van der Waals surface area (Å²) in [4.78, 5) is 16.6. The first-order chi connectivity index (χ1) is 11.8. The van der Waals surface area contributed by atoms with Gasteiger partial charge in [-0.1, -0.05) is 12.1 Å². The first-order valence-electron chi connectivity index (χ1n) is 8.34. The van der Waals surface area contributed by atoms with Gasteiger partial charge in [-0.15, -0.1) is 0 Å². The average Bonchev–Trinajstić information content (AvgIpc) is 2.67. The molecule has 1 aromatic carbocycles. The predicted octanol–water partition coefficient (Wildman–Crippen LogP) is 2.49. The Labute approximate surface area is 142 Å². The Hall–Kier alpha value is -2.40. The second kappa shape index (κ2) is 7.93. The van der Waals surface area contributed by atoms with Crippen molar-refractivity contribution in [3.8, 4) is 16.9 Å². The van der Waals surface area contributed by atoms with E-state index in [1.54, 1.807) is 19.5 Å². The summed E-state index contributed by atoms with van der Waals surface area (Å²) < 4.78 is 5.17. The molecule has 0 radical (unpaired) electrons. The number of carbonyl (C=O) groups is 1. The lowest BCUT2D eigenvalue weighted by molar-refractivity contribution is 0.0944. The molecular formula is C19H23N3O2. The van der Waals surface area contributed by atoms with Crippen LogP contribution in [0.5, 0.6) is 5.75 Å². The summed E-state index contributed by atoms with van der Waals surface area (Å²) in [6.07, 6.45) is 5.72. The maximum atomic E-state index is 12.4. The molecule has 24 heavy (non-hydrogen) atoms. The van der Waals surface area contributed by atoms with E-state index in [9.17, 15) is 4.79 Å². The minimum absolute atomic E-state index is 0.0663. The molecule has 2 heterocycles. The van der Waals surface area contributed by atoms with Gasteiger partial charge in [-0.2, -0.15) is 0 Å². The van der Waals surface area contributed by atoms with Crippen LogP contribution in [0.2, 0.25) is 0 Å². The van der Waals surface area contributed by atoms with Crippen LogP contribution in [-0.4, -0.2) is 37.6 Å². The standard InChI is InChI=1S/C19H23N3O2/c1-24-18-6-4-15(5-7-18)16-9-17(13-21-12-16)19(23)22-11-14-3-2-8-20-10-14/h4-7,9,12-14,20H,2-3,8,10-11H2,1H3,(H,22,23). The smallest absolute Gasteiger partial charge is 0.252 e. The molecule has 5 nitrogen and oxygen atoms in total. The van der Waals surface area contributed by atoms with Gasteiger partial charge in [-0.3, -0.25) is 9.78 Å². The molecule has 2 N–H and O–H groups in total. The second-order valence-electron chi connectivity index (χ2n) is 6.11. The van der Waals surface area contributed by atoms with E-state index in [0.29, 0.717) is 18.0 Å². The lowest BCUT2D eigenvalue weighted by Crippen LogP contribution is -2.38. The fourth-order valence-electron chi connectivity index (χ4n) is 2.94. The van der Waals surface area contributed by atoms with Gasteiger partial charge in [-0.05, 0) is 55.6 Å². The fourth-order valence-corrected chi connectivity index (χ4v) is 2.94. The van der Waals surface area contributed by atoms with Crippen LogP contribution < -0.4 is 15.4 Å². The Kier molecular flexibility index (Phi) is 5.43. The number of aromatic nitrogens is 1. The maximum Gasteiger partial charge on any atom is 0.252 e. The van der Waals surface area contributed by atoms with Gasteiger partial charge in [0.2, 0.25) is 0 Å². The lowest BCUT2D eigenvalue weighted by Gasteiger charge is -2.22. The number of piperidine rings is 1. The molecule has 1 atom stereocenters. The van der Waals surface area contributed by atoms with Crippen LogP contribution in [0.4, 0.5) is 0 Å². The number of rotatable bonds is 5. The Balaban J connectivity index is 1.66. The van der Waals surface area contributed by atoms with Gasteiger partial charge in [0.05, 0.1) is 12.7 Å². The van der Waals surface area contributed by atoms with Crippen molar-refractivity contribution in [2.45, 2.75) is 12.8 Å². The molecule has 1 amide bonds. The third-order valence-electron chi connectivity index (χ3n) is 4.37. The molecule has 126 valence electrons. The first kappa shape index (κ1) is 16.5. The van der Waals surface area contributed by atoms with Gasteiger partial charge in [0, 0.05) is 24.5 Å². The fraction of sp³-hybridized carbons (Fsp3) is 0.368. The van der Waals surface area contributed by atoms with E-state index in [-0.39, 0.29) is 5.91 Å². The van der Waals surface area contributed by atoms with E-state index in [4.69, 9.17) is 4.74 Å². The van der Waals surface area contributed by atoms with Crippen LogP contribution in [0.15, 0.2) is 42.7 Å². The van der Waals surface area contributed by atoms with E-state index in [1.165, 1.54) is 6.42 Å². The third-order valence-corrected chi connectivity index (χ3v) is 4.37. The highest BCUT2D eigenvalue weighted by Gasteiger charge is 2.15. The molecule has 1 fully saturated rings. The number of methoxy groups -OCH3 is 1. The van der Waals surface area contributed by atoms with Crippen molar-refractivity contribution < 1.29 is 9.53 Å². The second-order valence-corrected chi connectivity index (χ2v) is 6.11. The maximum absolute atomic E-state index is 12.4. The lowest BCUT2D eigenvalue weighted by atomic mass is 9.99. The summed E-state index contributed by atoms with van der Waals surface area (Å²) in [5, 5.41) is 6.39. The van der Waals surface area contributed by atoms with E-state index in [0.717, 1.165) is 36.4 Å². The van der Waals surface area contributed by atoms with Crippen molar-refractivity contribution in [3.63, 3.8) is 0 Å². The van der Waals surface area contributed by atoms with Crippen molar-refractivity contribution in [1.82, 2.24) is 15.6 Å². The van der Waals surface area contributed by atoms with Crippen molar-refractivity contribution in [1.29, 1.82) is 0 Å². The SMILES string of the molecule is COc1ccc(-c2cncc(C(=O)NCC3CCCNC3)c2)cc1. The summed E-state index contributed by atoms with van der Waals surface area (Å²) >= 11 is 0. The van der Waals surface area contributed by atoms with Gasteiger partial charge >= 0.3 is 0 Å². The molecule has 0 aliphatic carbocycles. The van der Waals surface area contributed by atoms with Crippen LogP contribution in [0, 0.1) is 5.92 Å². The summed E-state index contributed by atoms with van der Waals surface area (Å²) in [5.41, 5.74) is 2.52. The number of hydrogen-bond donors (Lipinski definition) is 2. The highest BCUT2D eigenvalue weighted by atomic mass is 16.5. The Morgan fingerprint density at radius 1 is 1.29 bits per heavy atom. The zero-order valence-corrected chi connectivity index (χ0v) is 13.9. The zero-order valence-electron chi connectivity index (χ0n) is 13.9. The number of nitrogens with one attached hydrogen (secondary N) is 2. The van der Waals surface area contributed by atoms with E-state index in [2.05, 4.69) is 15.6 Å². The Morgan fingerprint density at radius 3 is 2.83 bits per heavy atom. The Morgan fingerprint density at radius 2 is 2.12 bits per heavy atom. The van der Waals surface area contributed by atoms with E-state index >= 15 is 0 Å². The number of pyridine rings is 1. The molecule has 5 heteroatoms. The summed E-state index contributed by atoms with van der Waals surface area (Å²) in [6.45, 7) is 2.77. The summed E-state index contributed by atoms with van der Waals surface area (Å²) in [5.74, 6) is 1.26. The van der Waals surface area contributed by atoms with Gasteiger partial charge in [-0.25, -0.2) is 0 Å². The largest absolute Gasteiger partial charge is 0.497 e. The topological polar surface area (TPSA) is 63.2 Å². The number of hydrogen-bond acceptors (Lipinski definition) is 4. The minimum Gasteiger partial charge on any atom is -0.497 e. The quantitative estimate of drug-likeness (QED) is 0.886. The van der Waals surface area contributed by atoms with Gasteiger partial charge in [0.15, 0.2) is 0 Å².